The van der Waals surface area contributed by atoms with Gasteiger partial charge in [-0.1, -0.05) is 28.1 Å². The van der Waals surface area contributed by atoms with Gasteiger partial charge < -0.3 is 4.74 Å². The molecule has 1 aliphatic rings. The highest BCUT2D eigenvalue weighted by Gasteiger charge is 2.30. The Morgan fingerprint density at radius 2 is 2.00 bits per heavy atom. The summed E-state index contributed by atoms with van der Waals surface area (Å²) in [6.45, 7) is 5.05. The van der Waals surface area contributed by atoms with Gasteiger partial charge in [0, 0.05) is 10.7 Å². The average molecular weight is 233 g/mol. The molecule has 0 bridgehead atoms. The zero-order valence-electron chi connectivity index (χ0n) is 7.85. The highest BCUT2D eigenvalue weighted by molar-refractivity contribution is 9.09. The molecule has 0 N–H and O–H groups in total. The predicted molar refractivity (Wildman–Crippen MR) is 55.7 cm³/mol. The third-order valence-corrected chi connectivity index (χ3v) is 3.46. The molecule has 0 aromatic heterocycles. The second-order valence-corrected chi connectivity index (χ2v) is 4.43. The lowest BCUT2D eigenvalue weighted by molar-refractivity contribution is 0.0216. The van der Waals surface area contributed by atoms with Gasteiger partial charge in [-0.15, -0.1) is 0 Å². The number of alkyl halides is 1. The number of halogens is 1. The smallest absolute Gasteiger partial charge is 0.0539 e. The molecule has 0 spiro atoms. The lowest BCUT2D eigenvalue weighted by Crippen LogP contribution is -2.27. The Morgan fingerprint density at radius 3 is 2.42 bits per heavy atom. The van der Waals surface area contributed by atoms with Gasteiger partial charge in [0.05, 0.1) is 12.7 Å². The molecule has 70 valence electrons. The molecular formula is C10H17BrO. The largest absolute Gasteiger partial charge is 0.378 e. The fourth-order valence-electron chi connectivity index (χ4n) is 1.36. The van der Waals surface area contributed by atoms with Crippen molar-refractivity contribution >= 4 is 15.9 Å². The number of allylic oxidation sites excluding steroid dienone is 2. The molecule has 0 unspecified atom stereocenters. The topological polar surface area (TPSA) is 9.23 Å². The van der Waals surface area contributed by atoms with E-state index in [-0.39, 0.29) is 0 Å². The van der Waals surface area contributed by atoms with Gasteiger partial charge in [-0.05, 0) is 26.7 Å². The third-order valence-electron chi connectivity index (χ3n) is 2.27. The highest BCUT2D eigenvalue weighted by atomic mass is 79.9. The molecule has 0 aromatic rings. The van der Waals surface area contributed by atoms with Gasteiger partial charge in [0.1, 0.15) is 0 Å². The molecule has 0 radical (unpaired) electrons. The van der Waals surface area contributed by atoms with Crippen molar-refractivity contribution < 1.29 is 4.74 Å². The molecule has 12 heavy (non-hydrogen) atoms. The Balaban J connectivity index is 2.35. The van der Waals surface area contributed by atoms with Gasteiger partial charge >= 0.3 is 0 Å². The first-order valence-corrected chi connectivity index (χ1v) is 5.63. The standard InChI is InChI=1S/C10H17BrO/c1-9(2)12-8-10(7-11)5-3-4-6-10/h3-4,9H,5-8H2,1-2H3. The van der Waals surface area contributed by atoms with E-state index in [0.717, 1.165) is 24.8 Å². The number of hydrogen-bond donors (Lipinski definition) is 0. The van der Waals surface area contributed by atoms with Crippen LogP contribution in [0.2, 0.25) is 0 Å². The van der Waals surface area contributed by atoms with Crippen LogP contribution in [0.1, 0.15) is 26.7 Å². The van der Waals surface area contributed by atoms with Crippen LogP contribution in [-0.2, 0) is 4.74 Å². The van der Waals surface area contributed by atoms with E-state index in [1.54, 1.807) is 0 Å². The summed E-state index contributed by atoms with van der Waals surface area (Å²) < 4.78 is 5.65. The van der Waals surface area contributed by atoms with E-state index in [4.69, 9.17) is 4.74 Å². The molecule has 0 aromatic carbocycles. The van der Waals surface area contributed by atoms with Crippen molar-refractivity contribution in [1.82, 2.24) is 0 Å². The van der Waals surface area contributed by atoms with E-state index < -0.39 is 0 Å². The van der Waals surface area contributed by atoms with Crippen LogP contribution in [0.25, 0.3) is 0 Å². The van der Waals surface area contributed by atoms with Crippen molar-refractivity contribution in [2.45, 2.75) is 32.8 Å². The normalized spacial score (nSPS) is 20.7. The van der Waals surface area contributed by atoms with Gasteiger partial charge in [-0.2, -0.15) is 0 Å². The quantitative estimate of drug-likeness (QED) is 0.535. The Bertz CT molecular complexity index is 155. The summed E-state index contributed by atoms with van der Waals surface area (Å²) in [5.41, 5.74) is 0.351. The summed E-state index contributed by atoms with van der Waals surface area (Å²) in [6, 6.07) is 0. The van der Waals surface area contributed by atoms with Gasteiger partial charge in [0.15, 0.2) is 0 Å². The van der Waals surface area contributed by atoms with E-state index in [1.807, 2.05) is 0 Å². The highest BCUT2D eigenvalue weighted by Crippen LogP contribution is 2.35. The maximum Gasteiger partial charge on any atom is 0.0539 e. The fourth-order valence-corrected chi connectivity index (χ4v) is 1.98. The maximum atomic E-state index is 5.65. The van der Waals surface area contributed by atoms with Gasteiger partial charge in [0.25, 0.3) is 0 Å². The van der Waals surface area contributed by atoms with Crippen LogP contribution in [0.3, 0.4) is 0 Å². The SMILES string of the molecule is CC(C)OCC1(CBr)CC=CC1. The summed E-state index contributed by atoms with van der Waals surface area (Å²) in [4.78, 5) is 0. The maximum absolute atomic E-state index is 5.65. The second-order valence-electron chi connectivity index (χ2n) is 3.87. The zero-order valence-corrected chi connectivity index (χ0v) is 9.43. The van der Waals surface area contributed by atoms with Crippen LogP contribution < -0.4 is 0 Å². The van der Waals surface area contributed by atoms with Crippen LogP contribution in [0.4, 0.5) is 0 Å². The van der Waals surface area contributed by atoms with Crippen LogP contribution in [0.5, 0.6) is 0 Å². The van der Waals surface area contributed by atoms with E-state index >= 15 is 0 Å². The first-order valence-electron chi connectivity index (χ1n) is 4.51. The van der Waals surface area contributed by atoms with Crippen molar-refractivity contribution in [3.63, 3.8) is 0 Å². The van der Waals surface area contributed by atoms with E-state index in [2.05, 4.69) is 41.9 Å². The Kier molecular flexibility index (Phi) is 3.78. The molecule has 0 saturated heterocycles. The zero-order chi connectivity index (χ0) is 9.03. The van der Waals surface area contributed by atoms with Crippen LogP contribution >= 0.6 is 15.9 Å². The molecule has 0 saturated carbocycles. The molecule has 0 atom stereocenters. The monoisotopic (exact) mass is 232 g/mol. The van der Waals surface area contributed by atoms with E-state index in [9.17, 15) is 0 Å². The summed E-state index contributed by atoms with van der Waals surface area (Å²) in [7, 11) is 0. The third kappa shape index (κ3) is 2.60. The molecular weight excluding hydrogens is 216 g/mol. The predicted octanol–water partition coefficient (Wildman–Crippen LogP) is 3.14. The lowest BCUT2D eigenvalue weighted by atomic mass is 9.89. The van der Waals surface area contributed by atoms with Crippen LogP contribution in [0.15, 0.2) is 12.2 Å². The Hall–Kier alpha value is 0.180. The summed E-state index contributed by atoms with van der Waals surface area (Å²) >= 11 is 3.56. The van der Waals surface area contributed by atoms with Crippen molar-refractivity contribution in [2.24, 2.45) is 5.41 Å². The van der Waals surface area contributed by atoms with Crippen molar-refractivity contribution in [3.8, 4) is 0 Å². The molecule has 0 amide bonds. The first kappa shape index (κ1) is 10.3. The molecule has 2 heteroatoms. The number of rotatable bonds is 4. The van der Waals surface area contributed by atoms with Crippen molar-refractivity contribution in [3.05, 3.63) is 12.2 Å². The molecule has 0 fully saturated rings. The Morgan fingerprint density at radius 1 is 1.42 bits per heavy atom. The molecule has 1 rings (SSSR count). The van der Waals surface area contributed by atoms with Crippen molar-refractivity contribution in [2.75, 3.05) is 11.9 Å². The second kappa shape index (κ2) is 4.43. The van der Waals surface area contributed by atoms with Crippen molar-refractivity contribution in [1.29, 1.82) is 0 Å². The first-order chi connectivity index (χ1) is 5.68. The van der Waals surface area contributed by atoms with Gasteiger partial charge in [-0.25, -0.2) is 0 Å². The summed E-state index contributed by atoms with van der Waals surface area (Å²) in [5.74, 6) is 0. The molecule has 1 aliphatic carbocycles. The van der Waals surface area contributed by atoms with Gasteiger partial charge in [-0.3, -0.25) is 0 Å². The fraction of sp³-hybridized carbons (Fsp3) is 0.800. The summed E-state index contributed by atoms with van der Waals surface area (Å²) in [5, 5.41) is 1.04. The van der Waals surface area contributed by atoms with E-state index in [0.29, 0.717) is 11.5 Å². The molecule has 0 heterocycles. The lowest BCUT2D eigenvalue weighted by Gasteiger charge is -2.27. The van der Waals surface area contributed by atoms with Gasteiger partial charge in [0.2, 0.25) is 0 Å². The minimum Gasteiger partial charge on any atom is -0.378 e. The number of hydrogen-bond acceptors (Lipinski definition) is 1. The number of ether oxygens (including phenoxy) is 1. The minimum absolute atomic E-state index is 0.349. The summed E-state index contributed by atoms with van der Waals surface area (Å²) in [6.07, 6.45) is 7.17. The van der Waals surface area contributed by atoms with E-state index in [1.165, 1.54) is 0 Å². The minimum atomic E-state index is 0.349. The Labute approximate surface area is 83.3 Å². The van der Waals surface area contributed by atoms with Crippen LogP contribution in [0, 0.1) is 5.41 Å². The van der Waals surface area contributed by atoms with Crippen LogP contribution in [-0.4, -0.2) is 18.0 Å². The molecule has 1 nitrogen and oxygen atoms in total. The molecule has 0 aliphatic heterocycles. The average Bonchev–Trinajstić information content (AvgIpc) is 2.50.